The highest BCUT2D eigenvalue weighted by Gasteiger charge is 2.33. The smallest absolute Gasteiger partial charge is 0.379 e. The number of morpholine rings is 1. The van der Waals surface area contributed by atoms with E-state index in [1.165, 1.54) is 4.90 Å². The van der Waals surface area contributed by atoms with Gasteiger partial charge in [0.2, 0.25) is 5.91 Å². The van der Waals surface area contributed by atoms with Crippen LogP contribution in [0.2, 0.25) is 0 Å². The van der Waals surface area contributed by atoms with Crippen molar-refractivity contribution in [1.29, 1.82) is 0 Å². The van der Waals surface area contributed by atoms with E-state index in [-0.39, 0.29) is 19.0 Å². The van der Waals surface area contributed by atoms with Crippen molar-refractivity contribution in [1.82, 2.24) is 14.7 Å². The molecule has 8 heteroatoms. The quantitative estimate of drug-likeness (QED) is 0.736. The highest BCUT2D eigenvalue weighted by Crippen LogP contribution is 2.17. The lowest BCUT2D eigenvalue weighted by molar-refractivity contribution is -0.152. The van der Waals surface area contributed by atoms with Gasteiger partial charge in [0.05, 0.1) is 26.3 Å². The summed E-state index contributed by atoms with van der Waals surface area (Å²) in [5.74, 6) is -0.00133. The first kappa shape index (κ1) is 15.5. The zero-order chi connectivity index (χ0) is 14.6. The zero-order valence-electron chi connectivity index (χ0n) is 11.4. The summed E-state index contributed by atoms with van der Waals surface area (Å²) in [6.45, 7) is 3.50. The van der Waals surface area contributed by atoms with Crippen LogP contribution in [0.25, 0.3) is 0 Å². The van der Waals surface area contributed by atoms with Crippen LogP contribution in [-0.4, -0.2) is 92.4 Å². The molecule has 116 valence electrons. The van der Waals surface area contributed by atoms with Gasteiger partial charge in [0.25, 0.3) is 0 Å². The summed E-state index contributed by atoms with van der Waals surface area (Å²) in [6.07, 6.45) is -4.17. The minimum Gasteiger partial charge on any atom is -0.379 e. The van der Waals surface area contributed by atoms with Crippen molar-refractivity contribution >= 4 is 5.91 Å². The fourth-order valence-electron chi connectivity index (χ4n) is 2.46. The summed E-state index contributed by atoms with van der Waals surface area (Å²) in [4.78, 5) is 17.1. The summed E-state index contributed by atoms with van der Waals surface area (Å²) in [7, 11) is 0. The van der Waals surface area contributed by atoms with Crippen molar-refractivity contribution in [2.75, 3.05) is 65.6 Å². The number of nitrogens with zero attached hydrogens (tertiary/aromatic N) is 3. The van der Waals surface area contributed by atoms with E-state index in [1.807, 2.05) is 4.90 Å². The second-order valence-corrected chi connectivity index (χ2v) is 5.16. The highest BCUT2D eigenvalue weighted by atomic mass is 19.4. The predicted molar refractivity (Wildman–Crippen MR) is 66.3 cm³/mol. The number of halogens is 3. The maximum atomic E-state index is 12.3. The van der Waals surface area contributed by atoms with E-state index in [0.29, 0.717) is 32.8 Å². The normalized spacial score (nSPS) is 23.1. The van der Waals surface area contributed by atoms with Crippen molar-refractivity contribution in [2.45, 2.75) is 6.18 Å². The van der Waals surface area contributed by atoms with E-state index in [2.05, 4.69) is 0 Å². The first-order valence-electron chi connectivity index (χ1n) is 6.81. The van der Waals surface area contributed by atoms with Crippen molar-refractivity contribution in [3.63, 3.8) is 0 Å². The van der Waals surface area contributed by atoms with Crippen LogP contribution < -0.4 is 0 Å². The van der Waals surface area contributed by atoms with Crippen LogP contribution in [0.1, 0.15) is 0 Å². The average molecular weight is 295 g/mol. The number of alkyl halides is 3. The number of hydrogen-bond acceptors (Lipinski definition) is 4. The van der Waals surface area contributed by atoms with Crippen LogP contribution >= 0.6 is 0 Å². The lowest BCUT2D eigenvalue weighted by Gasteiger charge is -2.36. The van der Waals surface area contributed by atoms with E-state index in [9.17, 15) is 18.0 Å². The average Bonchev–Trinajstić information content (AvgIpc) is 2.39. The standard InChI is InChI=1S/C12H20F3N3O2/c13-12(14,15)10-17-1-3-18(4-2-17)11(19)9-16-5-7-20-8-6-16/h1-10H2. The van der Waals surface area contributed by atoms with Crippen LogP contribution in [-0.2, 0) is 9.53 Å². The summed E-state index contributed by atoms with van der Waals surface area (Å²) < 4.78 is 42.0. The lowest BCUT2D eigenvalue weighted by atomic mass is 10.3. The molecule has 0 N–H and O–H groups in total. The Kier molecular flexibility index (Phi) is 5.22. The largest absolute Gasteiger partial charge is 0.401 e. The van der Waals surface area contributed by atoms with Gasteiger partial charge in [-0.3, -0.25) is 14.6 Å². The summed E-state index contributed by atoms with van der Waals surface area (Å²) >= 11 is 0. The van der Waals surface area contributed by atoms with Crippen molar-refractivity contribution < 1.29 is 22.7 Å². The molecule has 20 heavy (non-hydrogen) atoms. The van der Waals surface area contributed by atoms with Crippen LogP contribution in [0.15, 0.2) is 0 Å². The van der Waals surface area contributed by atoms with Gasteiger partial charge in [0, 0.05) is 39.3 Å². The number of hydrogen-bond donors (Lipinski definition) is 0. The van der Waals surface area contributed by atoms with E-state index in [4.69, 9.17) is 4.74 Å². The van der Waals surface area contributed by atoms with Crippen LogP contribution in [0.3, 0.4) is 0 Å². The maximum absolute atomic E-state index is 12.3. The monoisotopic (exact) mass is 295 g/mol. The molecule has 2 aliphatic heterocycles. The molecule has 5 nitrogen and oxygen atoms in total. The molecule has 0 aromatic carbocycles. The lowest BCUT2D eigenvalue weighted by Crippen LogP contribution is -2.53. The van der Waals surface area contributed by atoms with Gasteiger partial charge in [0.15, 0.2) is 0 Å². The topological polar surface area (TPSA) is 36.0 Å². The third-order valence-corrected chi connectivity index (χ3v) is 3.59. The SMILES string of the molecule is O=C(CN1CCOCC1)N1CCN(CC(F)(F)F)CC1. The molecule has 0 aromatic rings. The molecule has 0 radical (unpaired) electrons. The van der Waals surface area contributed by atoms with Crippen LogP contribution in [0.5, 0.6) is 0 Å². The van der Waals surface area contributed by atoms with Gasteiger partial charge in [-0.25, -0.2) is 0 Å². The fourth-order valence-corrected chi connectivity index (χ4v) is 2.46. The van der Waals surface area contributed by atoms with E-state index >= 15 is 0 Å². The molecule has 0 spiro atoms. The molecule has 2 heterocycles. The molecule has 2 fully saturated rings. The Bertz CT molecular complexity index is 324. The minimum atomic E-state index is -4.17. The molecular weight excluding hydrogens is 275 g/mol. The van der Waals surface area contributed by atoms with Crippen LogP contribution in [0, 0.1) is 0 Å². The van der Waals surface area contributed by atoms with Crippen molar-refractivity contribution in [3.8, 4) is 0 Å². The Morgan fingerprint density at radius 3 is 2.10 bits per heavy atom. The Morgan fingerprint density at radius 2 is 1.55 bits per heavy atom. The molecule has 0 aliphatic carbocycles. The number of piperazine rings is 1. The second kappa shape index (κ2) is 6.73. The predicted octanol–water partition coefficient (Wildman–Crippen LogP) is 0.0251. The van der Waals surface area contributed by atoms with Gasteiger partial charge < -0.3 is 9.64 Å². The third kappa shape index (κ3) is 4.92. The number of carbonyl (C=O) groups is 1. The summed E-state index contributed by atoms with van der Waals surface area (Å²) in [5.41, 5.74) is 0. The molecule has 1 amide bonds. The molecule has 0 bridgehead atoms. The van der Waals surface area contributed by atoms with Gasteiger partial charge in [-0.2, -0.15) is 13.2 Å². The van der Waals surface area contributed by atoms with E-state index in [1.54, 1.807) is 4.90 Å². The number of rotatable bonds is 3. The van der Waals surface area contributed by atoms with Gasteiger partial charge in [-0.1, -0.05) is 0 Å². The first-order valence-corrected chi connectivity index (χ1v) is 6.81. The second-order valence-electron chi connectivity index (χ2n) is 5.16. The molecule has 0 unspecified atom stereocenters. The first-order chi connectivity index (χ1) is 9.44. The van der Waals surface area contributed by atoms with Gasteiger partial charge >= 0.3 is 6.18 Å². The zero-order valence-corrected chi connectivity index (χ0v) is 11.4. The number of carbonyl (C=O) groups excluding carboxylic acids is 1. The molecule has 0 aromatic heterocycles. The Morgan fingerprint density at radius 1 is 0.950 bits per heavy atom. The van der Waals surface area contributed by atoms with E-state index in [0.717, 1.165) is 13.1 Å². The van der Waals surface area contributed by atoms with Crippen molar-refractivity contribution in [3.05, 3.63) is 0 Å². The van der Waals surface area contributed by atoms with Gasteiger partial charge in [0.1, 0.15) is 0 Å². The number of ether oxygens (including phenoxy) is 1. The molecule has 2 aliphatic rings. The Labute approximate surface area is 116 Å². The minimum absolute atomic E-state index is 0.00133. The molecular formula is C12H20F3N3O2. The fraction of sp³-hybridized carbons (Fsp3) is 0.917. The Hall–Kier alpha value is -0.860. The summed E-state index contributed by atoms with van der Waals surface area (Å²) in [5, 5.41) is 0. The maximum Gasteiger partial charge on any atom is 0.401 e. The Balaban J connectivity index is 1.71. The van der Waals surface area contributed by atoms with Gasteiger partial charge in [-0.05, 0) is 0 Å². The van der Waals surface area contributed by atoms with Gasteiger partial charge in [-0.15, -0.1) is 0 Å². The summed E-state index contributed by atoms with van der Waals surface area (Å²) in [6, 6.07) is 0. The molecule has 0 atom stereocenters. The molecule has 2 rings (SSSR count). The van der Waals surface area contributed by atoms with Crippen molar-refractivity contribution in [2.24, 2.45) is 0 Å². The van der Waals surface area contributed by atoms with E-state index < -0.39 is 12.7 Å². The molecule has 2 saturated heterocycles. The number of amides is 1. The highest BCUT2D eigenvalue weighted by molar-refractivity contribution is 5.78. The molecule has 0 saturated carbocycles. The third-order valence-electron chi connectivity index (χ3n) is 3.59. The van der Waals surface area contributed by atoms with Crippen LogP contribution in [0.4, 0.5) is 13.2 Å².